The normalized spacial score (nSPS) is 9.38. The highest BCUT2D eigenvalue weighted by Crippen LogP contribution is 2.09. The molecule has 180 valence electrons. The number of pyridine rings is 1. The van der Waals surface area contributed by atoms with Crippen LogP contribution in [0.5, 0.6) is 0 Å². The summed E-state index contributed by atoms with van der Waals surface area (Å²) in [6.07, 6.45) is 7.32. The number of imidazole rings is 1. The van der Waals surface area contributed by atoms with E-state index < -0.39 is 10.0 Å². The van der Waals surface area contributed by atoms with Crippen molar-refractivity contribution >= 4 is 33.9 Å². The van der Waals surface area contributed by atoms with Gasteiger partial charge in [0.2, 0.25) is 10.0 Å². The van der Waals surface area contributed by atoms with Crippen LogP contribution in [0, 0.1) is 0 Å². The van der Waals surface area contributed by atoms with Crippen LogP contribution in [0.3, 0.4) is 0 Å². The zero-order chi connectivity index (χ0) is 24.8. The summed E-state index contributed by atoms with van der Waals surface area (Å²) in [5.74, 6) is 0. The number of benzene rings is 1. The Morgan fingerprint density at radius 1 is 0.938 bits per heavy atom. The average molecular weight is 501 g/mol. The molecule has 4 N–H and O–H groups in total. The van der Waals surface area contributed by atoms with Crippen LogP contribution in [0.4, 0.5) is 0 Å². The smallest absolute Gasteiger partial charge is 0.238 e. The maximum Gasteiger partial charge on any atom is 0.238 e. The van der Waals surface area contributed by atoms with Gasteiger partial charge >= 0.3 is 0 Å². The second-order valence-electron chi connectivity index (χ2n) is 5.04. The Kier molecular flexibility index (Phi) is 21.2. The summed E-state index contributed by atoms with van der Waals surface area (Å²) in [7, 11) is 2.21. The van der Waals surface area contributed by atoms with E-state index in [4.69, 9.17) is 5.14 Å². The van der Waals surface area contributed by atoms with Gasteiger partial charge in [0.25, 0.3) is 0 Å². The summed E-state index contributed by atoms with van der Waals surface area (Å²) in [6, 6.07) is 11.8. The Bertz CT molecular complexity index is 892. The van der Waals surface area contributed by atoms with Gasteiger partial charge < -0.3 is 4.57 Å². The Balaban J connectivity index is 0. The van der Waals surface area contributed by atoms with Gasteiger partial charge in [-0.3, -0.25) is 14.4 Å². The van der Waals surface area contributed by atoms with Crippen LogP contribution in [0.25, 0.3) is 0 Å². The fourth-order valence-electron chi connectivity index (χ4n) is 1.68. The van der Waals surface area contributed by atoms with E-state index in [1.54, 1.807) is 42.7 Å². The number of primary sulfonamides is 1. The first-order chi connectivity index (χ1) is 15.4. The van der Waals surface area contributed by atoms with Gasteiger partial charge in [0, 0.05) is 30.5 Å². The highest BCUT2D eigenvalue weighted by molar-refractivity contribution is 7.97. The number of sulfonamides is 1. The highest BCUT2D eigenvalue weighted by Gasteiger charge is 2.03. The van der Waals surface area contributed by atoms with Gasteiger partial charge in [0.15, 0.2) is 0 Å². The Morgan fingerprint density at radius 2 is 1.53 bits per heavy atom. The van der Waals surface area contributed by atoms with Gasteiger partial charge in [-0.2, -0.15) is 0 Å². The second-order valence-corrected chi connectivity index (χ2v) is 8.71. The molecule has 0 aliphatic rings. The molecule has 0 atom stereocenters. The van der Waals surface area contributed by atoms with Crippen molar-refractivity contribution in [2.75, 3.05) is 14.1 Å². The number of hydrogen-bond donors (Lipinski definition) is 3. The van der Waals surface area contributed by atoms with Crippen LogP contribution >= 0.6 is 23.9 Å². The van der Waals surface area contributed by atoms with Crippen LogP contribution in [-0.2, 0) is 17.1 Å². The standard InChI is InChI=1S/C6H8N2S.C6H7NO2S.C5H9N3S.2C2H6/c1-7-9-6-3-2-4-8-5-6;7-10(8,9)6-4-2-1-3-5-6;1-6-9-5-3-8(2)4-7-5;2*1-2/h2-5,7H,1H3;1-5H,(H2,7,8,9);3-4,6H,1-2H3;2*1-2H3. The molecule has 0 fully saturated rings. The highest BCUT2D eigenvalue weighted by atomic mass is 32.2. The van der Waals surface area contributed by atoms with E-state index in [1.165, 1.54) is 24.1 Å². The number of aromatic nitrogens is 3. The van der Waals surface area contributed by atoms with Crippen LogP contribution in [-0.4, -0.2) is 37.0 Å². The van der Waals surface area contributed by atoms with Crippen LogP contribution < -0.4 is 14.6 Å². The van der Waals surface area contributed by atoms with Gasteiger partial charge in [-0.15, -0.1) is 0 Å². The summed E-state index contributed by atoms with van der Waals surface area (Å²) in [4.78, 5) is 9.30. The summed E-state index contributed by atoms with van der Waals surface area (Å²) >= 11 is 3.08. The summed E-state index contributed by atoms with van der Waals surface area (Å²) in [5.41, 5.74) is 0. The van der Waals surface area contributed by atoms with Crippen LogP contribution in [0.15, 0.2) is 82.2 Å². The van der Waals surface area contributed by atoms with E-state index >= 15 is 0 Å². The molecule has 11 heteroatoms. The zero-order valence-corrected chi connectivity index (χ0v) is 22.3. The summed E-state index contributed by atoms with van der Waals surface area (Å²) in [6.45, 7) is 8.00. The van der Waals surface area contributed by atoms with Crippen molar-refractivity contribution < 1.29 is 8.42 Å². The first-order valence-corrected chi connectivity index (χ1v) is 13.2. The SMILES string of the molecule is CC.CC.CNSc1cccnc1.CNSc1cn(C)cn1.NS(=O)(=O)c1ccccc1. The molecular formula is C21H36N6O2S3. The first kappa shape index (κ1) is 32.3. The lowest BCUT2D eigenvalue weighted by Gasteiger charge is -1.94. The minimum Gasteiger partial charge on any atom is -0.339 e. The molecule has 0 saturated heterocycles. The van der Waals surface area contributed by atoms with Crippen LogP contribution in [0.2, 0.25) is 0 Å². The lowest BCUT2D eigenvalue weighted by molar-refractivity contribution is 0.598. The third kappa shape index (κ3) is 16.8. The van der Waals surface area contributed by atoms with E-state index in [9.17, 15) is 8.42 Å². The first-order valence-electron chi connectivity index (χ1n) is 9.99. The molecule has 0 radical (unpaired) electrons. The quantitative estimate of drug-likeness (QED) is 0.443. The molecular weight excluding hydrogens is 464 g/mol. The molecule has 0 aliphatic heterocycles. The number of aryl methyl sites for hydroxylation is 1. The lowest BCUT2D eigenvalue weighted by atomic mass is 10.4. The minimum atomic E-state index is -3.50. The average Bonchev–Trinajstić information content (AvgIpc) is 3.23. The number of nitrogens with two attached hydrogens (primary N) is 1. The van der Waals surface area contributed by atoms with E-state index in [1.807, 2.05) is 77.9 Å². The maximum atomic E-state index is 10.6. The molecule has 0 bridgehead atoms. The third-order valence-corrected chi connectivity index (χ3v) is 5.05. The molecule has 8 nitrogen and oxygen atoms in total. The summed E-state index contributed by atoms with van der Waals surface area (Å²) in [5, 5.41) is 5.83. The molecule has 3 rings (SSSR count). The topological polar surface area (TPSA) is 115 Å². The maximum absolute atomic E-state index is 10.6. The molecule has 2 aromatic heterocycles. The second kappa shape index (κ2) is 21.0. The Morgan fingerprint density at radius 3 is 1.91 bits per heavy atom. The Hall–Kier alpha value is -1.89. The lowest BCUT2D eigenvalue weighted by Crippen LogP contribution is -2.11. The molecule has 3 aromatic rings. The Labute approximate surface area is 202 Å². The number of rotatable bonds is 5. The fourth-order valence-corrected chi connectivity index (χ4v) is 3.24. The fraction of sp³-hybridized carbons (Fsp3) is 0.333. The molecule has 0 aliphatic carbocycles. The van der Waals surface area contributed by atoms with Gasteiger partial charge in [0.05, 0.1) is 11.2 Å². The number of nitrogens with one attached hydrogen (secondary N) is 2. The predicted octanol–water partition coefficient (Wildman–Crippen LogP) is 4.34. The van der Waals surface area contributed by atoms with Crippen molar-refractivity contribution in [3.8, 4) is 0 Å². The molecule has 0 spiro atoms. The van der Waals surface area contributed by atoms with Crippen LogP contribution in [0.1, 0.15) is 27.7 Å². The third-order valence-electron chi connectivity index (χ3n) is 2.81. The molecule has 32 heavy (non-hydrogen) atoms. The largest absolute Gasteiger partial charge is 0.339 e. The molecule has 1 aromatic carbocycles. The molecule has 0 amide bonds. The molecule has 2 heterocycles. The van der Waals surface area contributed by atoms with Crippen molar-refractivity contribution in [3.63, 3.8) is 0 Å². The van der Waals surface area contributed by atoms with E-state index in [2.05, 4.69) is 19.4 Å². The minimum absolute atomic E-state index is 0.148. The van der Waals surface area contributed by atoms with Gasteiger partial charge in [-0.05, 0) is 62.3 Å². The van der Waals surface area contributed by atoms with Gasteiger partial charge in [-0.25, -0.2) is 18.5 Å². The van der Waals surface area contributed by atoms with E-state index in [-0.39, 0.29) is 4.90 Å². The van der Waals surface area contributed by atoms with Crippen molar-refractivity contribution in [2.24, 2.45) is 12.2 Å². The number of nitrogens with zero attached hydrogens (tertiary/aromatic N) is 3. The van der Waals surface area contributed by atoms with Gasteiger partial charge in [0.1, 0.15) is 5.03 Å². The van der Waals surface area contributed by atoms with E-state index in [0.29, 0.717) is 0 Å². The van der Waals surface area contributed by atoms with Gasteiger partial charge in [-0.1, -0.05) is 45.9 Å². The van der Waals surface area contributed by atoms with Crippen molar-refractivity contribution in [2.45, 2.75) is 42.5 Å². The zero-order valence-electron chi connectivity index (χ0n) is 19.8. The van der Waals surface area contributed by atoms with Crippen molar-refractivity contribution in [1.82, 2.24) is 24.0 Å². The predicted molar refractivity (Wildman–Crippen MR) is 138 cm³/mol. The van der Waals surface area contributed by atoms with Crippen molar-refractivity contribution in [3.05, 3.63) is 67.4 Å². The molecule has 0 unspecified atom stereocenters. The molecule has 0 saturated carbocycles. The summed E-state index contributed by atoms with van der Waals surface area (Å²) < 4.78 is 29.0. The number of hydrogen-bond acceptors (Lipinski definition) is 8. The monoisotopic (exact) mass is 500 g/mol. The van der Waals surface area contributed by atoms with Crippen molar-refractivity contribution in [1.29, 1.82) is 0 Å². The van der Waals surface area contributed by atoms with E-state index in [0.717, 1.165) is 9.92 Å².